The molecule has 0 atom stereocenters. The van der Waals surface area contributed by atoms with Crippen molar-refractivity contribution in [1.29, 1.82) is 0 Å². The molecule has 0 bridgehead atoms. The summed E-state index contributed by atoms with van der Waals surface area (Å²) in [5.74, 6) is 0.810. The Bertz CT molecular complexity index is 759. The second kappa shape index (κ2) is 4.51. The van der Waals surface area contributed by atoms with Gasteiger partial charge in [0.2, 0.25) is 0 Å². The van der Waals surface area contributed by atoms with Crippen molar-refractivity contribution in [3.8, 4) is 0 Å². The first-order chi connectivity index (χ1) is 9.20. The molecule has 0 fully saturated rings. The molecule has 19 heavy (non-hydrogen) atoms. The van der Waals surface area contributed by atoms with Crippen LogP contribution >= 0.6 is 11.6 Å². The van der Waals surface area contributed by atoms with E-state index in [-0.39, 0.29) is 0 Å². The van der Waals surface area contributed by atoms with Gasteiger partial charge in [0.25, 0.3) is 0 Å². The SMILES string of the molecule is Cn1c(Cl)cnc1Cn1cc(C=O)c2cccnc21. The van der Waals surface area contributed by atoms with Gasteiger partial charge in [-0.1, -0.05) is 11.6 Å². The molecule has 0 unspecified atom stereocenters. The Morgan fingerprint density at radius 2 is 2.26 bits per heavy atom. The molecule has 0 aliphatic carbocycles. The molecule has 0 saturated carbocycles. The van der Waals surface area contributed by atoms with Crippen molar-refractivity contribution in [1.82, 2.24) is 19.1 Å². The predicted molar refractivity (Wildman–Crippen MR) is 72.4 cm³/mol. The maximum atomic E-state index is 11.1. The molecule has 0 aliphatic heterocycles. The fraction of sp³-hybridized carbons (Fsp3) is 0.154. The Morgan fingerprint density at radius 3 is 2.95 bits per heavy atom. The van der Waals surface area contributed by atoms with Gasteiger partial charge in [0, 0.05) is 30.4 Å². The van der Waals surface area contributed by atoms with Gasteiger partial charge < -0.3 is 9.13 Å². The molecule has 0 radical (unpaired) electrons. The van der Waals surface area contributed by atoms with E-state index in [1.165, 1.54) is 0 Å². The van der Waals surface area contributed by atoms with Gasteiger partial charge in [-0.3, -0.25) is 4.79 Å². The predicted octanol–water partition coefficient (Wildman–Crippen LogP) is 2.28. The summed E-state index contributed by atoms with van der Waals surface area (Å²) in [6, 6.07) is 3.70. The molecular formula is C13H11ClN4O. The average Bonchev–Trinajstić information content (AvgIpc) is 2.95. The van der Waals surface area contributed by atoms with E-state index >= 15 is 0 Å². The summed E-state index contributed by atoms with van der Waals surface area (Å²) >= 11 is 5.97. The summed E-state index contributed by atoms with van der Waals surface area (Å²) in [6.45, 7) is 0.518. The number of carbonyl (C=O) groups excluding carboxylic acids is 1. The smallest absolute Gasteiger partial charge is 0.152 e. The third-order valence-electron chi connectivity index (χ3n) is 3.13. The minimum Gasteiger partial charge on any atom is -0.324 e. The lowest BCUT2D eigenvalue weighted by molar-refractivity contribution is 0.112. The van der Waals surface area contributed by atoms with Gasteiger partial charge in [-0.25, -0.2) is 9.97 Å². The third-order valence-corrected chi connectivity index (χ3v) is 3.48. The average molecular weight is 275 g/mol. The molecule has 0 aromatic carbocycles. The first-order valence-corrected chi connectivity index (χ1v) is 6.13. The number of carbonyl (C=O) groups is 1. The molecule has 6 heteroatoms. The number of fused-ring (bicyclic) bond motifs is 1. The van der Waals surface area contributed by atoms with Gasteiger partial charge in [0.05, 0.1) is 12.7 Å². The molecule has 3 heterocycles. The number of halogens is 1. The van der Waals surface area contributed by atoms with Crippen molar-refractivity contribution in [2.75, 3.05) is 0 Å². The van der Waals surface area contributed by atoms with Crippen molar-refractivity contribution in [3.63, 3.8) is 0 Å². The number of pyridine rings is 1. The van der Waals surface area contributed by atoms with E-state index in [2.05, 4.69) is 9.97 Å². The number of aromatic nitrogens is 4. The largest absolute Gasteiger partial charge is 0.324 e. The number of rotatable bonds is 3. The Morgan fingerprint density at radius 1 is 1.42 bits per heavy atom. The van der Waals surface area contributed by atoms with Gasteiger partial charge in [0.15, 0.2) is 6.29 Å². The molecule has 3 aromatic rings. The first kappa shape index (κ1) is 11.9. The van der Waals surface area contributed by atoms with Crippen LogP contribution in [0, 0.1) is 0 Å². The van der Waals surface area contributed by atoms with Gasteiger partial charge in [-0.2, -0.15) is 0 Å². The van der Waals surface area contributed by atoms with Gasteiger partial charge in [-0.15, -0.1) is 0 Å². The molecule has 0 aliphatic rings. The van der Waals surface area contributed by atoms with Crippen molar-refractivity contribution in [2.45, 2.75) is 6.54 Å². The van der Waals surface area contributed by atoms with Gasteiger partial charge in [0.1, 0.15) is 16.6 Å². The standard InChI is InChI=1S/C13H11ClN4O/c1-17-11(14)5-16-12(17)7-18-6-9(8-19)10-3-2-4-15-13(10)18/h2-6,8H,7H2,1H3. The highest BCUT2D eigenvalue weighted by molar-refractivity contribution is 6.29. The van der Waals surface area contributed by atoms with Gasteiger partial charge >= 0.3 is 0 Å². The molecule has 0 amide bonds. The normalized spacial score (nSPS) is 11.1. The van der Waals surface area contributed by atoms with Crippen molar-refractivity contribution in [2.24, 2.45) is 7.05 Å². The molecule has 0 N–H and O–H groups in total. The van der Waals surface area contributed by atoms with Crippen molar-refractivity contribution >= 4 is 28.9 Å². The Labute approximate surface area is 114 Å². The zero-order valence-electron chi connectivity index (χ0n) is 10.2. The maximum Gasteiger partial charge on any atom is 0.152 e. The topological polar surface area (TPSA) is 52.7 Å². The first-order valence-electron chi connectivity index (χ1n) is 5.76. The molecule has 0 spiro atoms. The van der Waals surface area contributed by atoms with Crippen LogP contribution in [-0.4, -0.2) is 25.4 Å². The van der Waals surface area contributed by atoms with Crippen LogP contribution in [0.3, 0.4) is 0 Å². The van der Waals surface area contributed by atoms with Crippen LogP contribution in [0.4, 0.5) is 0 Å². The minimum atomic E-state index is 0.518. The lowest BCUT2D eigenvalue weighted by atomic mass is 10.2. The monoisotopic (exact) mass is 274 g/mol. The Hall–Kier alpha value is -2.14. The van der Waals surface area contributed by atoms with Crippen LogP contribution < -0.4 is 0 Å². The molecule has 0 saturated heterocycles. The van der Waals surface area contributed by atoms with E-state index in [0.717, 1.165) is 23.1 Å². The number of hydrogen-bond donors (Lipinski definition) is 0. The number of nitrogens with zero attached hydrogens (tertiary/aromatic N) is 4. The summed E-state index contributed by atoms with van der Waals surface area (Å²) in [5.41, 5.74) is 1.40. The second-order valence-electron chi connectivity index (χ2n) is 4.26. The molecule has 3 aromatic heterocycles. The van der Waals surface area contributed by atoms with Gasteiger partial charge in [-0.05, 0) is 12.1 Å². The van der Waals surface area contributed by atoms with Crippen molar-refractivity contribution in [3.05, 3.63) is 47.3 Å². The Balaban J connectivity index is 2.10. The highest BCUT2D eigenvalue weighted by Gasteiger charge is 2.11. The van der Waals surface area contributed by atoms with Crippen LogP contribution in [0.2, 0.25) is 5.15 Å². The summed E-state index contributed by atoms with van der Waals surface area (Å²) in [6.07, 6.45) is 5.94. The number of aldehydes is 1. The summed E-state index contributed by atoms with van der Waals surface area (Å²) < 4.78 is 3.70. The van der Waals surface area contributed by atoms with Crippen LogP contribution in [0.15, 0.2) is 30.7 Å². The van der Waals surface area contributed by atoms with E-state index in [9.17, 15) is 4.79 Å². The lowest BCUT2D eigenvalue weighted by Gasteiger charge is -2.05. The van der Waals surface area contributed by atoms with E-state index in [1.54, 1.807) is 23.2 Å². The number of imidazole rings is 1. The quantitative estimate of drug-likeness (QED) is 0.689. The maximum absolute atomic E-state index is 11.1. The minimum absolute atomic E-state index is 0.518. The highest BCUT2D eigenvalue weighted by Crippen LogP contribution is 2.19. The summed E-state index contributed by atoms with van der Waals surface area (Å²) in [4.78, 5) is 19.6. The summed E-state index contributed by atoms with van der Waals surface area (Å²) in [7, 11) is 1.85. The fourth-order valence-corrected chi connectivity index (χ4v) is 2.23. The third kappa shape index (κ3) is 1.92. The van der Waals surface area contributed by atoms with Crippen molar-refractivity contribution < 1.29 is 4.79 Å². The van der Waals surface area contributed by atoms with Crippen LogP contribution in [0.5, 0.6) is 0 Å². The molecule has 3 rings (SSSR count). The summed E-state index contributed by atoms with van der Waals surface area (Å²) in [5, 5.41) is 1.42. The van der Waals surface area contributed by atoms with E-state index in [4.69, 9.17) is 11.6 Å². The van der Waals surface area contributed by atoms with Crippen LogP contribution in [0.1, 0.15) is 16.2 Å². The van der Waals surface area contributed by atoms with E-state index < -0.39 is 0 Å². The molecule has 96 valence electrons. The second-order valence-corrected chi connectivity index (χ2v) is 4.65. The van der Waals surface area contributed by atoms with Crippen LogP contribution in [-0.2, 0) is 13.6 Å². The van der Waals surface area contributed by atoms with E-state index in [1.807, 2.05) is 23.7 Å². The highest BCUT2D eigenvalue weighted by atomic mass is 35.5. The zero-order chi connectivity index (χ0) is 13.4. The van der Waals surface area contributed by atoms with E-state index in [0.29, 0.717) is 17.3 Å². The molecule has 5 nitrogen and oxygen atoms in total. The molecular weight excluding hydrogens is 264 g/mol. The number of hydrogen-bond acceptors (Lipinski definition) is 3. The fourth-order valence-electron chi connectivity index (χ4n) is 2.09. The lowest BCUT2D eigenvalue weighted by Crippen LogP contribution is -2.05. The van der Waals surface area contributed by atoms with Crippen LogP contribution in [0.25, 0.3) is 11.0 Å². The zero-order valence-corrected chi connectivity index (χ0v) is 11.0. The Kier molecular flexibility index (Phi) is 2.83.